The molecule has 1 saturated heterocycles. The van der Waals surface area contributed by atoms with E-state index in [1.165, 1.54) is 11.8 Å². The zero-order chi connectivity index (χ0) is 49.2. The Balaban J connectivity index is 2.00. The van der Waals surface area contributed by atoms with Gasteiger partial charge in [-0.15, -0.1) is 0 Å². The molecule has 1 unspecified atom stereocenters. The number of aliphatic carboxylic acids is 4. The minimum Gasteiger partial charge on any atom is -0.481 e. The van der Waals surface area contributed by atoms with Crippen molar-refractivity contribution in [2.45, 2.75) is 71.9 Å². The number of carbonyl (C=O) groups is 9. The number of amides is 4. The van der Waals surface area contributed by atoms with Crippen molar-refractivity contribution in [3.8, 4) is 0 Å². The third-order valence-electron chi connectivity index (χ3n) is 11.4. The number of hydrogen-bond donors (Lipinski definition) is 8. The van der Waals surface area contributed by atoms with Gasteiger partial charge in [0.1, 0.15) is 5.78 Å². The van der Waals surface area contributed by atoms with Gasteiger partial charge >= 0.3 is 29.9 Å². The molecule has 1 aromatic carbocycles. The Morgan fingerprint density at radius 1 is 0.667 bits per heavy atom. The van der Waals surface area contributed by atoms with Crippen LogP contribution in [-0.4, -0.2) is 196 Å². The molecule has 0 bridgehead atoms. The Labute approximate surface area is 390 Å². The van der Waals surface area contributed by atoms with E-state index in [0.29, 0.717) is 43.8 Å². The van der Waals surface area contributed by atoms with Crippen LogP contribution in [0.15, 0.2) is 24.3 Å². The number of nitrogens with one attached hydrogen (secondary N) is 4. The number of thioether (sulfide) groups is 1. The van der Waals surface area contributed by atoms with E-state index in [-0.39, 0.29) is 127 Å². The van der Waals surface area contributed by atoms with Gasteiger partial charge in [-0.2, -0.15) is 11.8 Å². The largest absolute Gasteiger partial charge is 0.481 e. The van der Waals surface area contributed by atoms with Crippen LogP contribution in [-0.2, 0) is 44.9 Å². The highest BCUT2D eigenvalue weighted by molar-refractivity contribution is 7.98. The predicted molar refractivity (Wildman–Crippen MR) is 247 cm³/mol. The summed E-state index contributed by atoms with van der Waals surface area (Å²) in [5, 5.41) is 48.5. The standard InChI is InChI=1S/C44H70N8O13S/c1-5-30(2)34(43(64)45-13-6-7-36(53)31(3)23-39(56)57)24-37(54)35(12-22-66-4)48-44(65)47-33-10-8-32(9-11-33)25-46-38(55)26-49-14-16-50(27-40(58)59)18-20-52(29-42(62)63)21-19-51(17-15-49)28-41(60)61/h8-11,30-31,34-35H,5-7,12-29H2,1-4H3,(H,45,64)(H,46,55)(H,56,57)(H,58,59)(H,60,61)(H,62,63)(H2,47,48,65)/t30-,31?,34-,35-/m0/s1. The van der Waals surface area contributed by atoms with E-state index in [0.717, 1.165) is 5.56 Å². The lowest BCUT2D eigenvalue weighted by molar-refractivity contribution is -0.140. The number of carboxylic acids is 4. The van der Waals surface area contributed by atoms with E-state index in [1.54, 1.807) is 45.9 Å². The Bertz CT molecular complexity index is 1740. The number of rotatable bonds is 28. The third-order valence-corrected chi connectivity index (χ3v) is 12.0. The molecular weight excluding hydrogens is 881 g/mol. The first-order valence-corrected chi connectivity index (χ1v) is 23.7. The lowest BCUT2D eigenvalue weighted by atomic mass is 9.85. The van der Waals surface area contributed by atoms with E-state index in [2.05, 4.69) is 21.3 Å². The van der Waals surface area contributed by atoms with Crippen LogP contribution < -0.4 is 21.3 Å². The Kier molecular flexibility index (Phi) is 26.7. The normalized spacial score (nSPS) is 16.5. The average Bonchev–Trinajstić information content (AvgIpc) is 3.24. The molecule has 0 saturated carbocycles. The van der Waals surface area contributed by atoms with Gasteiger partial charge in [0.25, 0.3) is 0 Å². The molecule has 22 heteroatoms. The van der Waals surface area contributed by atoms with Gasteiger partial charge in [0.2, 0.25) is 11.8 Å². The Morgan fingerprint density at radius 3 is 1.62 bits per heavy atom. The fourth-order valence-corrected chi connectivity index (χ4v) is 7.72. The SMILES string of the molecule is CC[C@H](C)[C@H](CC(=O)[C@H](CCSC)NC(=O)Nc1ccc(CNC(=O)CN2CCN(CC(=O)O)CCN(CC(=O)O)CCN(CC(=O)O)CC2)cc1)C(=O)NCCCC(=O)C(C)CC(=O)O. The van der Waals surface area contributed by atoms with Gasteiger partial charge in [-0.25, -0.2) is 4.79 Å². The van der Waals surface area contributed by atoms with Crippen LogP contribution in [0.25, 0.3) is 0 Å². The molecule has 1 aliphatic heterocycles. The highest BCUT2D eigenvalue weighted by Gasteiger charge is 2.31. The summed E-state index contributed by atoms with van der Waals surface area (Å²) in [6.45, 7) is 6.99. The lowest BCUT2D eigenvalue weighted by Gasteiger charge is -2.32. The van der Waals surface area contributed by atoms with Crippen molar-refractivity contribution in [1.29, 1.82) is 0 Å². The van der Waals surface area contributed by atoms with Crippen molar-refractivity contribution >= 4 is 70.7 Å². The van der Waals surface area contributed by atoms with Crippen LogP contribution in [0.5, 0.6) is 0 Å². The van der Waals surface area contributed by atoms with E-state index >= 15 is 0 Å². The van der Waals surface area contributed by atoms with E-state index in [4.69, 9.17) is 5.11 Å². The molecule has 1 heterocycles. The van der Waals surface area contributed by atoms with Crippen LogP contribution in [0.4, 0.5) is 10.5 Å². The summed E-state index contributed by atoms with van der Waals surface area (Å²) in [4.78, 5) is 118. The summed E-state index contributed by atoms with van der Waals surface area (Å²) in [5.41, 5.74) is 1.14. The van der Waals surface area contributed by atoms with E-state index in [9.17, 15) is 58.5 Å². The summed E-state index contributed by atoms with van der Waals surface area (Å²) >= 11 is 1.51. The Hall–Kier alpha value is -5.16. The first-order valence-electron chi connectivity index (χ1n) is 22.3. The highest BCUT2D eigenvalue weighted by atomic mass is 32.2. The second kappa shape index (κ2) is 30.9. The summed E-state index contributed by atoms with van der Waals surface area (Å²) < 4.78 is 0. The Morgan fingerprint density at radius 2 is 1.17 bits per heavy atom. The predicted octanol–water partition coefficient (Wildman–Crippen LogP) is 1.22. The minimum atomic E-state index is -1.05. The first kappa shape index (κ1) is 57.0. The number of benzene rings is 1. The van der Waals surface area contributed by atoms with Crippen LogP contribution in [0.3, 0.4) is 0 Å². The highest BCUT2D eigenvalue weighted by Crippen LogP contribution is 2.22. The molecule has 0 spiro atoms. The van der Waals surface area contributed by atoms with Crippen molar-refractivity contribution in [2.75, 3.05) is 102 Å². The average molecular weight is 951 g/mol. The first-order chi connectivity index (χ1) is 31.3. The number of ketones is 2. The van der Waals surface area contributed by atoms with E-state index in [1.807, 2.05) is 25.0 Å². The summed E-state index contributed by atoms with van der Waals surface area (Å²) in [6.07, 6.45) is 2.94. The van der Waals surface area contributed by atoms with Crippen molar-refractivity contribution in [1.82, 2.24) is 35.6 Å². The second-order valence-corrected chi connectivity index (χ2v) is 17.7. The van der Waals surface area contributed by atoms with E-state index < -0.39 is 47.8 Å². The number of carbonyl (C=O) groups excluding carboxylic acids is 5. The van der Waals surface area contributed by atoms with Gasteiger partial charge in [0.05, 0.1) is 38.6 Å². The molecule has 21 nitrogen and oxygen atoms in total. The van der Waals surface area contributed by atoms with Gasteiger partial charge in [-0.1, -0.05) is 39.3 Å². The molecule has 0 aliphatic carbocycles. The van der Waals surface area contributed by atoms with Gasteiger partial charge in [0, 0.05) is 95.8 Å². The maximum Gasteiger partial charge on any atom is 0.319 e. The van der Waals surface area contributed by atoms with Crippen molar-refractivity contribution in [3.63, 3.8) is 0 Å². The minimum absolute atomic E-state index is 0.0505. The molecule has 1 aliphatic rings. The molecule has 66 heavy (non-hydrogen) atoms. The molecule has 8 N–H and O–H groups in total. The van der Waals surface area contributed by atoms with Gasteiger partial charge in [-0.05, 0) is 48.5 Å². The van der Waals surface area contributed by atoms with Crippen LogP contribution >= 0.6 is 11.8 Å². The van der Waals surface area contributed by atoms with Crippen molar-refractivity contribution in [2.24, 2.45) is 17.8 Å². The molecule has 4 amide bonds. The molecule has 370 valence electrons. The molecule has 4 atom stereocenters. The zero-order valence-corrected chi connectivity index (χ0v) is 39.4. The molecular formula is C44H70N8O13S. The summed E-state index contributed by atoms with van der Waals surface area (Å²) in [5.74, 6) is -6.21. The molecule has 2 rings (SSSR count). The van der Waals surface area contributed by atoms with Crippen LogP contribution in [0.1, 0.15) is 64.9 Å². The maximum absolute atomic E-state index is 13.7. The lowest BCUT2D eigenvalue weighted by Crippen LogP contribution is -2.49. The molecule has 0 radical (unpaired) electrons. The van der Waals surface area contributed by atoms with Gasteiger partial charge in [0.15, 0.2) is 5.78 Å². The molecule has 1 aromatic rings. The van der Waals surface area contributed by atoms with Crippen molar-refractivity contribution in [3.05, 3.63) is 29.8 Å². The molecule has 0 aromatic heterocycles. The summed E-state index contributed by atoms with van der Waals surface area (Å²) in [6, 6.07) is 5.23. The zero-order valence-electron chi connectivity index (χ0n) is 38.6. The number of anilines is 1. The monoisotopic (exact) mass is 950 g/mol. The third kappa shape index (κ3) is 23.9. The molecule has 1 fully saturated rings. The van der Waals surface area contributed by atoms with Crippen molar-refractivity contribution < 1.29 is 63.6 Å². The van der Waals surface area contributed by atoms with Crippen LogP contribution in [0.2, 0.25) is 0 Å². The second-order valence-electron chi connectivity index (χ2n) is 16.7. The number of urea groups is 1. The number of nitrogens with zero attached hydrogens (tertiary/aromatic N) is 4. The fourth-order valence-electron chi connectivity index (χ4n) is 7.25. The van der Waals surface area contributed by atoms with Crippen LogP contribution in [0, 0.1) is 17.8 Å². The summed E-state index contributed by atoms with van der Waals surface area (Å²) in [7, 11) is 0. The number of carboxylic acid groups (broad SMARTS) is 4. The fraction of sp³-hybridized carbons (Fsp3) is 0.659. The quantitative estimate of drug-likeness (QED) is 0.0548. The van der Waals surface area contributed by atoms with Gasteiger partial charge < -0.3 is 41.7 Å². The van der Waals surface area contributed by atoms with Gasteiger partial charge in [-0.3, -0.25) is 58.0 Å². The topological polar surface area (TPSA) is 296 Å². The number of Topliss-reactive ketones (excluding diaryl/α,β-unsaturated/α-hetero) is 2. The smallest absolute Gasteiger partial charge is 0.319 e. The maximum atomic E-state index is 13.7. The number of hydrogen-bond acceptors (Lipinski definition) is 14.